The van der Waals surface area contributed by atoms with Gasteiger partial charge in [0.25, 0.3) is 0 Å². The van der Waals surface area contributed by atoms with E-state index in [2.05, 4.69) is 26.1 Å². The predicted octanol–water partition coefficient (Wildman–Crippen LogP) is 3.59. The van der Waals surface area contributed by atoms with Gasteiger partial charge < -0.3 is 5.32 Å². The van der Waals surface area contributed by atoms with Crippen molar-refractivity contribution in [2.24, 2.45) is 11.8 Å². The van der Waals surface area contributed by atoms with E-state index in [-0.39, 0.29) is 0 Å². The SMILES string of the molecule is CCCNC(C)C(C)CC1CCCC1. The lowest BCUT2D eigenvalue weighted by Crippen LogP contribution is -2.33. The van der Waals surface area contributed by atoms with Crippen molar-refractivity contribution in [2.45, 2.75) is 65.3 Å². The van der Waals surface area contributed by atoms with Crippen LogP contribution < -0.4 is 5.32 Å². The fourth-order valence-corrected chi connectivity index (χ4v) is 2.55. The number of hydrogen-bond acceptors (Lipinski definition) is 1. The Hall–Kier alpha value is -0.0400. The van der Waals surface area contributed by atoms with E-state index >= 15 is 0 Å². The van der Waals surface area contributed by atoms with Crippen LogP contribution in [0.5, 0.6) is 0 Å². The van der Waals surface area contributed by atoms with E-state index in [1.54, 1.807) is 0 Å². The van der Waals surface area contributed by atoms with Crippen molar-refractivity contribution in [1.82, 2.24) is 5.32 Å². The van der Waals surface area contributed by atoms with Crippen molar-refractivity contribution in [1.29, 1.82) is 0 Å². The first-order valence-corrected chi connectivity index (χ1v) is 6.47. The van der Waals surface area contributed by atoms with Gasteiger partial charge in [-0.3, -0.25) is 0 Å². The molecule has 0 aromatic heterocycles. The molecule has 1 heteroatoms. The number of nitrogens with one attached hydrogen (secondary N) is 1. The maximum Gasteiger partial charge on any atom is 0.00644 e. The molecule has 14 heavy (non-hydrogen) atoms. The number of rotatable bonds is 6. The minimum Gasteiger partial charge on any atom is -0.314 e. The Morgan fingerprint density at radius 3 is 2.43 bits per heavy atom. The molecule has 0 aromatic carbocycles. The van der Waals surface area contributed by atoms with Crippen molar-refractivity contribution < 1.29 is 0 Å². The Morgan fingerprint density at radius 1 is 1.21 bits per heavy atom. The summed E-state index contributed by atoms with van der Waals surface area (Å²) in [6.07, 6.45) is 8.64. The van der Waals surface area contributed by atoms with Crippen LogP contribution in [0.4, 0.5) is 0 Å². The molecular formula is C13H27N. The fourth-order valence-electron chi connectivity index (χ4n) is 2.55. The Bertz CT molecular complexity index is 138. The topological polar surface area (TPSA) is 12.0 Å². The highest BCUT2D eigenvalue weighted by atomic mass is 14.9. The van der Waals surface area contributed by atoms with Crippen molar-refractivity contribution >= 4 is 0 Å². The van der Waals surface area contributed by atoms with Crippen LogP contribution in [0.15, 0.2) is 0 Å². The molecule has 1 rings (SSSR count). The molecule has 0 spiro atoms. The standard InChI is InChI=1S/C13H27N/c1-4-9-14-12(3)11(2)10-13-7-5-6-8-13/h11-14H,4-10H2,1-3H3. The molecule has 1 fully saturated rings. The van der Waals surface area contributed by atoms with Crippen molar-refractivity contribution in [2.75, 3.05) is 6.54 Å². The zero-order valence-corrected chi connectivity index (χ0v) is 10.2. The summed E-state index contributed by atoms with van der Waals surface area (Å²) in [5, 5.41) is 3.61. The first-order valence-electron chi connectivity index (χ1n) is 6.47. The van der Waals surface area contributed by atoms with Gasteiger partial charge in [-0.1, -0.05) is 39.5 Å². The van der Waals surface area contributed by atoms with Crippen LogP contribution in [0.3, 0.4) is 0 Å². The quantitative estimate of drug-likeness (QED) is 0.686. The summed E-state index contributed by atoms with van der Waals surface area (Å²) >= 11 is 0. The van der Waals surface area contributed by atoms with Gasteiger partial charge in [0.15, 0.2) is 0 Å². The van der Waals surface area contributed by atoms with Crippen LogP contribution in [-0.4, -0.2) is 12.6 Å². The van der Waals surface area contributed by atoms with Crippen LogP contribution >= 0.6 is 0 Å². The zero-order chi connectivity index (χ0) is 10.4. The summed E-state index contributed by atoms with van der Waals surface area (Å²) < 4.78 is 0. The molecule has 0 aromatic rings. The normalized spacial score (nSPS) is 22.5. The molecule has 0 saturated heterocycles. The molecule has 1 N–H and O–H groups in total. The van der Waals surface area contributed by atoms with Crippen LogP contribution in [0.25, 0.3) is 0 Å². The van der Waals surface area contributed by atoms with Gasteiger partial charge in [-0.15, -0.1) is 0 Å². The van der Waals surface area contributed by atoms with Crippen molar-refractivity contribution in [3.8, 4) is 0 Å². The lowest BCUT2D eigenvalue weighted by molar-refractivity contribution is 0.321. The lowest BCUT2D eigenvalue weighted by Gasteiger charge is -2.23. The van der Waals surface area contributed by atoms with Crippen LogP contribution in [0.2, 0.25) is 0 Å². The highest BCUT2D eigenvalue weighted by Gasteiger charge is 2.20. The first kappa shape index (κ1) is 12.0. The summed E-state index contributed by atoms with van der Waals surface area (Å²) in [5.74, 6) is 1.89. The van der Waals surface area contributed by atoms with Gasteiger partial charge in [-0.25, -0.2) is 0 Å². The van der Waals surface area contributed by atoms with E-state index in [1.165, 1.54) is 45.1 Å². The first-order chi connectivity index (χ1) is 6.74. The van der Waals surface area contributed by atoms with E-state index in [4.69, 9.17) is 0 Å². The largest absolute Gasteiger partial charge is 0.314 e. The predicted molar refractivity (Wildman–Crippen MR) is 63.5 cm³/mol. The third kappa shape index (κ3) is 4.00. The van der Waals surface area contributed by atoms with Crippen LogP contribution in [0, 0.1) is 11.8 Å². The maximum atomic E-state index is 3.61. The molecule has 1 saturated carbocycles. The molecule has 1 aliphatic carbocycles. The van der Waals surface area contributed by atoms with Gasteiger partial charge in [-0.2, -0.15) is 0 Å². The monoisotopic (exact) mass is 197 g/mol. The van der Waals surface area contributed by atoms with Gasteiger partial charge in [0.2, 0.25) is 0 Å². The van der Waals surface area contributed by atoms with Gasteiger partial charge in [0, 0.05) is 6.04 Å². The zero-order valence-electron chi connectivity index (χ0n) is 10.2. The minimum absolute atomic E-state index is 0.704. The summed E-state index contributed by atoms with van der Waals surface area (Å²) in [5.41, 5.74) is 0. The van der Waals surface area contributed by atoms with Gasteiger partial charge in [-0.05, 0) is 38.1 Å². The van der Waals surface area contributed by atoms with E-state index < -0.39 is 0 Å². The molecule has 2 atom stereocenters. The van der Waals surface area contributed by atoms with Gasteiger partial charge in [0.05, 0.1) is 0 Å². The second-order valence-electron chi connectivity index (χ2n) is 5.11. The highest BCUT2D eigenvalue weighted by Crippen LogP contribution is 2.31. The smallest absolute Gasteiger partial charge is 0.00644 e. The molecule has 0 heterocycles. The van der Waals surface area contributed by atoms with E-state index in [0.717, 1.165) is 11.8 Å². The Labute approximate surface area is 89.7 Å². The van der Waals surface area contributed by atoms with Gasteiger partial charge in [0.1, 0.15) is 0 Å². The average Bonchev–Trinajstić information content (AvgIpc) is 2.66. The van der Waals surface area contributed by atoms with Crippen LogP contribution in [0.1, 0.15) is 59.3 Å². The molecule has 1 nitrogen and oxygen atoms in total. The van der Waals surface area contributed by atoms with E-state index in [1.807, 2.05) is 0 Å². The van der Waals surface area contributed by atoms with E-state index in [9.17, 15) is 0 Å². The molecule has 0 amide bonds. The third-order valence-corrected chi connectivity index (χ3v) is 3.75. The summed E-state index contributed by atoms with van der Waals surface area (Å²) in [6.45, 7) is 8.17. The van der Waals surface area contributed by atoms with Crippen LogP contribution in [-0.2, 0) is 0 Å². The summed E-state index contributed by atoms with van der Waals surface area (Å²) in [7, 11) is 0. The molecule has 0 radical (unpaired) electrons. The highest BCUT2D eigenvalue weighted by molar-refractivity contribution is 4.75. The van der Waals surface area contributed by atoms with Gasteiger partial charge >= 0.3 is 0 Å². The average molecular weight is 197 g/mol. The molecule has 1 aliphatic rings. The lowest BCUT2D eigenvalue weighted by atomic mass is 9.90. The fraction of sp³-hybridized carbons (Fsp3) is 1.00. The summed E-state index contributed by atoms with van der Waals surface area (Å²) in [6, 6.07) is 0.704. The molecule has 0 bridgehead atoms. The second-order valence-corrected chi connectivity index (χ2v) is 5.11. The van der Waals surface area contributed by atoms with E-state index in [0.29, 0.717) is 6.04 Å². The molecule has 84 valence electrons. The molecular weight excluding hydrogens is 170 g/mol. The Morgan fingerprint density at radius 2 is 1.86 bits per heavy atom. The van der Waals surface area contributed by atoms with Crippen molar-refractivity contribution in [3.05, 3.63) is 0 Å². The minimum atomic E-state index is 0.704. The maximum absolute atomic E-state index is 3.61. The molecule has 0 aliphatic heterocycles. The Balaban J connectivity index is 2.15. The Kier molecular flexibility index (Phi) is 5.54. The third-order valence-electron chi connectivity index (χ3n) is 3.75. The molecule has 2 unspecified atom stereocenters. The number of hydrogen-bond donors (Lipinski definition) is 1. The van der Waals surface area contributed by atoms with Crippen molar-refractivity contribution in [3.63, 3.8) is 0 Å². The second kappa shape index (κ2) is 6.44. The summed E-state index contributed by atoms with van der Waals surface area (Å²) in [4.78, 5) is 0.